The number of carbonyl (C=O) groups excluding carboxylic acids is 2. The highest BCUT2D eigenvalue weighted by Crippen LogP contribution is 2.12. The van der Waals surface area contributed by atoms with Gasteiger partial charge in [-0.2, -0.15) is 0 Å². The highest BCUT2D eigenvalue weighted by Gasteiger charge is 2.07. The molecule has 0 aliphatic heterocycles. The number of carbonyl (C=O) groups is 2. The SMILES string of the molecule is CCOc1ccc(CC(=O)NNC(=O)CC(C)C)cc1. The summed E-state index contributed by atoms with van der Waals surface area (Å²) in [5, 5.41) is 0. The summed E-state index contributed by atoms with van der Waals surface area (Å²) in [6.45, 7) is 6.42. The van der Waals surface area contributed by atoms with Gasteiger partial charge in [0.15, 0.2) is 0 Å². The van der Waals surface area contributed by atoms with Crippen molar-refractivity contribution in [2.75, 3.05) is 6.61 Å². The number of ether oxygens (including phenoxy) is 1. The predicted octanol–water partition coefficient (Wildman–Crippen LogP) is 1.82. The van der Waals surface area contributed by atoms with E-state index >= 15 is 0 Å². The van der Waals surface area contributed by atoms with Gasteiger partial charge in [0.1, 0.15) is 5.75 Å². The monoisotopic (exact) mass is 278 g/mol. The average Bonchev–Trinajstić information content (AvgIpc) is 2.38. The fraction of sp³-hybridized carbons (Fsp3) is 0.467. The van der Waals surface area contributed by atoms with Gasteiger partial charge in [-0.15, -0.1) is 0 Å². The minimum absolute atomic E-state index is 0.181. The molecule has 1 rings (SSSR count). The van der Waals surface area contributed by atoms with Gasteiger partial charge in [-0.05, 0) is 30.5 Å². The van der Waals surface area contributed by atoms with Crippen molar-refractivity contribution in [1.29, 1.82) is 0 Å². The van der Waals surface area contributed by atoms with Gasteiger partial charge in [-0.25, -0.2) is 0 Å². The van der Waals surface area contributed by atoms with Crippen LogP contribution in [0.15, 0.2) is 24.3 Å². The lowest BCUT2D eigenvalue weighted by molar-refractivity contribution is -0.129. The maximum atomic E-state index is 11.7. The van der Waals surface area contributed by atoms with Gasteiger partial charge < -0.3 is 4.74 Å². The highest BCUT2D eigenvalue weighted by molar-refractivity contribution is 5.83. The Morgan fingerprint density at radius 2 is 1.70 bits per heavy atom. The lowest BCUT2D eigenvalue weighted by Crippen LogP contribution is -2.42. The van der Waals surface area contributed by atoms with E-state index in [9.17, 15) is 9.59 Å². The molecule has 110 valence electrons. The molecular formula is C15H22N2O3. The lowest BCUT2D eigenvalue weighted by atomic mass is 10.1. The van der Waals surface area contributed by atoms with Crippen LogP contribution in [0.1, 0.15) is 32.8 Å². The highest BCUT2D eigenvalue weighted by atomic mass is 16.5. The Hall–Kier alpha value is -2.04. The van der Waals surface area contributed by atoms with E-state index in [4.69, 9.17) is 4.74 Å². The summed E-state index contributed by atoms with van der Waals surface area (Å²) in [6.07, 6.45) is 0.609. The summed E-state index contributed by atoms with van der Waals surface area (Å²) < 4.78 is 5.32. The second-order valence-electron chi connectivity index (χ2n) is 4.95. The van der Waals surface area contributed by atoms with Crippen LogP contribution >= 0.6 is 0 Å². The first-order chi connectivity index (χ1) is 9.51. The fourth-order valence-electron chi connectivity index (χ4n) is 1.66. The second-order valence-corrected chi connectivity index (χ2v) is 4.95. The standard InChI is InChI=1S/C15H22N2O3/c1-4-20-13-7-5-12(6-8-13)10-15(19)17-16-14(18)9-11(2)3/h5-8,11H,4,9-10H2,1-3H3,(H,16,18)(H,17,19). The molecule has 0 bridgehead atoms. The zero-order valence-corrected chi connectivity index (χ0v) is 12.2. The second kappa shape index (κ2) is 8.19. The van der Waals surface area contributed by atoms with Crippen molar-refractivity contribution >= 4 is 11.8 Å². The molecule has 0 fully saturated rings. The molecule has 0 aliphatic rings. The molecule has 2 N–H and O–H groups in total. The first-order valence-electron chi connectivity index (χ1n) is 6.80. The van der Waals surface area contributed by atoms with Gasteiger partial charge in [-0.3, -0.25) is 20.4 Å². The zero-order chi connectivity index (χ0) is 15.0. The minimum Gasteiger partial charge on any atom is -0.494 e. The average molecular weight is 278 g/mol. The van der Waals surface area contributed by atoms with E-state index in [1.807, 2.05) is 45.0 Å². The van der Waals surface area contributed by atoms with Crippen LogP contribution < -0.4 is 15.6 Å². The van der Waals surface area contributed by atoms with Crippen LogP contribution in [0.4, 0.5) is 0 Å². The summed E-state index contributed by atoms with van der Waals surface area (Å²) in [4.78, 5) is 23.0. The van der Waals surface area contributed by atoms with Crippen molar-refractivity contribution in [2.24, 2.45) is 5.92 Å². The summed E-state index contributed by atoms with van der Waals surface area (Å²) in [7, 11) is 0. The Morgan fingerprint density at radius 3 is 2.25 bits per heavy atom. The van der Waals surface area contributed by atoms with Crippen LogP contribution in [0.3, 0.4) is 0 Å². The van der Waals surface area contributed by atoms with E-state index in [0.29, 0.717) is 13.0 Å². The summed E-state index contributed by atoms with van der Waals surface area (Å²) in [6, 6.07) is 7.31. The van der Waals surface area contributed by atoms with Crippen LogP contribution in [0, 0.1) is 5.92 Å². The first kappa shape index (κ1) is 16.0. The molecule has 0 radical (unpaired) electrons. The van der Waals surface area contributed by atoms with Crippen LogP contribution in [-0.4, -0.2) is 18.4 Å². The molecule has 20 heavy (non-hydrogen) atoms. The smallest absolute Gasteiger partial charge is 0.242 e. The molecule has 0 atom stereocenters. The van der Waals surface area contributed by atoms with Gasteiger partial charge in [-0.1, -0.05) is 26.0 Å². The van der Waals surface area contributed by atoms with E-state index in [0.717, 1.165) is 11.3 Å². The quantitative estimate of drug-likeness (QED) is 0.780. The topological polar surface area (TPSA) is 67.4 Å². The normalized spacial score (nSPS) is 10.2. The summed E-state index contributed by atoms with van der Waals surface area (Å²) in [5.74, 6) is 0.617. The van der Waals surface area contributed by atoms with Crippen molar-refractivity contribution in [3.63, 3.8) is 0 Å². The molecule has 0 aliphatic carbocycles. The molecular weight excluding hydrogens is 256 g/mol. The fourth-order valence-corrected chi connectivity index (χ4v) is 1.66. The van der Waals surface area contributed by atoms with Gasteiger partial charge >= 0.3 is 0 Å². The Bertz CT molecular complexity index is 441. The zero-order valence-electron chi connectivity index (χ0n) is 12.2. The number of nitrogens with one attached hydrogen (secondary N) is 2. The minimum atomic E-state index is -0.244. The van der Waals surface area contributed by atoms with Gasteiger partial charge in [0.05, 0.1) is 13.0 Å². The van der Waals surface area contributed by atoms with E-state index in [1.165, 1.54) is 0 Å². The van der Waals surface area contributed by atoms with E-state index < -0.39 is 0 Å². The van der Waals surface area contributed by atoms with Crippen LogP contribution in [-0.2, 0) is 16.0 Å². The largest absolute Gasteiger partial charge is 0.494 e. The predicted molar refractivity (Wildman–Crippen MR) is 77.1 cm³/mol. The van der Waals surface area contributed by atoms with Gasteiger partial charge in [0.25, 0.3) is 0 Å². The molecule has 0 unspecified atom stereocenters. The number of rotatable bonds is 6. The number of hydrogen-bond donors (Lipinski definition) is 2. The van der Waals surface area contributed by atoms with Crippen molar-refractivity contribution in [1.82, 2.24) is 10.9 Å². The maximum Gasteiger partial charge on any atom is 0.242 e. The van der Waals surface area contributed by atoms with Crippen LogP contribution in [0.5, 0.6) is 5.75 Å². The third-order valence-corrected chi connectivity index (χ3v) is 2.53. The summed E-state index contributed by atoms with van der Waals surface area (Å²) in [5.41, 5.74) is 5.67. The maximum absolute atomic E-state index is 11.7. The molecule has 0 heterocycles. The summed E-state index contributed by atoms with van der Waals surface area (Å²) >= 11 is 0. The Balaban J connectivity index is 2.36. The molecule has 1 aromatic carbocycles. The molecule has 5 heteroatoms. The Morgan fingerprint density at radius 1 is 1.10 bits per heavy atom. The number of hydrazine groups is 1. The van der Waals surface area contributed by atoms with E-state index in [2.05, 4.69) is 10.9 Å². The Labute approximate surface area is 119 Å². The number of benzene rings is 1. The molecule has 5 nitrogen and oxygen atoms in total. The van der Waals surface area contributed by atoms with Crippen molar-refractivity contribution in [3.8, 4) is 5.75 Å². The van der Waals surface area contributed by atoms with E-state index in [-0.39, 0.29) is 24.2 Å². The molecule has 0 saturated heterocycles. The van der Waals surface area contributed by atoms with Crippen molar-refractivity contribution < 1.29 is 14.3 Å². The molecule has 0 saturated carbocycles. The van der Waals surface area contributed by atoms with Crippen molar-refractivity contribution in [3.05, 3.63) is 29.8 Å². The first-order valence-corrected chi connectivity index (χ1v) is 6.80. The number of hydrogen-bond acceptors (Lipinski definition) is 3. The van der Waals surface area contributed by atoms with Gasteiger partial charge in [0, 0.05) is 6.42 Å². The Kier molecular flexibility index (Phi) is 6.56. The molecule has 2 amide bonds. The third kappa shape index (κ3) is 6.22. The van der Waals surface area contributed by atoms with Gasteiger partial charge in [0.2, 0.25) is 11.8 Å². The molecule has 0 aromatic heterocycles. The third-order valence-electron chi connectivity index (χ3n) is 2.53. The van der Waals surface area contributed by atoms with Crippen molar-refractivity contribution in [2.45, 2.75) is 33.6 Å². The van der Waals surface area contributed by atoms with E-state index in [1.54, 1.807) is 0 Å². The van der Waals surface area contributed by atoms with Crippen LogP contribution in [0.25, 0.3) is 0 Å². The molecule has 1 aromatic rings. The number of amides is 2. The van der Waals surface area contributed by atoms with Crippen LogP contribution in [0.2, 0.25) is 0 Å². The molecule has 0 spiro atoms. The lowest BCUT2D eigenvalue weighted by Gasteiger charge is -2.09.